The van der Waals surface area contributed by atoms with Crippen molar-refractivity contribution in [3.8, 4) is 0 Å². The molecule has 0 spiro atoms. The smallest absolute Gasteiger partial charge is 0.222 e. The van der Waals surface area contributed by atoms with Crippen molar-refractivity contribution in [3.05, 3.63) is 16.6 Å². The Morgan fingerprint density at radius 3 is 2.88 bits per heavy atom. The van der Waals surface area contributed by atoms with E-state index in [1.54, 1.807) is 17.5 Å². The fourth-order valence-corrected chi connectivity index (χ4v) is 2.09. The van der Waals surface area contributed by atoms with Gasteiger partial charge in [-0.05, 0) is 20.4 Å². The SMILES string of the molecule is CCNCCC(=O)NC(C)(C)c1nccs1. The molecule has 0 aliphatic rings. The Hall–Kier alpha value is -0.940. The second kappa shape index (κ2) is 5.96. The van der Waals surface area contributed by atoms with E-state index >= 15 is 0 Å². The molecule has 5 heteroatoms. The van der Waals surface area contributed by atoms with Crippen LogP contribution >= 0.6 is 11.3 Å². The molecule has 0 aliphatic heterocycles. The van der Waals surface area contributed by atoms with Crippen LogP contribution in [0, 0.1) is 0 Å². The quantitative estimate of drug-likeness (QED) is 0.742. The zero-order valence-corrected chi connectivity index (χ0v) is 10.9. The van der Waals surface area contributed by atoms with Gasteiger partial charge in [0.15, 0.2) is 0 Å². The maximum atomic E-state index is 11.7. The van der Waals surface area contributed by atoms with Crippen molar-refractivity contribution in [3.63, 3.8) is 0 Å². The number of carbonyl (C=O) groups is 1. The standard InChI is InChI=1S/C11H19N3OS/c1-4-12-6-5-9(15)14-11(2,3)10-13-7-8-16-10/h7-8,12H,4-6H2,1-3H3,(H,14,15). The van der Waals surface area contributed by atoms with Gasteiger partial charge in [0.1, 0.15) is 5.01 Å². The molecule has 4 nitrogen and oxygen atoms in total. The number of carbonyl (C=O) groups excluding carboxylic acids is 1. The fourth-order valence-electron chi connectivity index (χ4n) is 1.38. The van der Waals surface area contributed by atoms with Crippen molar-refractivity contribution in [1.29, 1.82) is 0 Å². The third-order valence-electron chi connectivity index (χ3n) is 2.20. The van der Waals surface area contributed by atoms with Crippen LogP contribution in [0.3, 0.4) is 0 Å². The van der Waals surface area contributed by atoms with E-state index in [2.05, 4.69) is 15.6 Å². The van der Waals surface area contributed by atoms with Gasteiger partial charge < -0.3 is 10.6 Å². The van der Waals surface area contributed by atoms with Crippen LogP contribution < -0.4 is 10.6 Å². The summed E-state index contributed by atoms with van der Waals surface area (Å²) >= 11 is 1.56. The van der Waals surface area contributed by atoms with E-state index in [1.165, 1.54) is 0 Å². The number of nitrogens with one attached hydrogen (secondary N) is 2. The Labute approximate surface area is 100 Å². The van der Waals surface area contributed by atoms with Gasteiger partial charge in [-0.15, -0.1) is 11.3 Å². The van der Waals surface area contributed by atoms with Gasteiger partial charge in [0, 0.05) is 24.5 Å². The van der Waals surface area contributed by atoms with Crippen LogP contribution in [0.2, 0.25) is 0 Å². The van der Waals surface area contributed by atoms with E-state index < -0.39 is 0 Å². The number of nitrogens with zero attached hydrogens (tertiary/aromatic N) is 1. The van der Waals surface area contributed by atoms with Crippen LogP contribution in [0.5, 0.6) is 0 Å². The summed E-state index contributed by atoms with van der Waals surface area (Å²) in [5.74, 6) is 0.0566. The van der Waals surface area contributed by atoms with E-state index in [4.69, 9.17) is 0 Å². The summed E-state index contributed by atoms with van der Waals surface area (Å²) in [4.78, 5) is 15.9. The number of rotatable bonds is 6. The van der Waals surface area contributed by atoms with Crippen LogP contribution in [0.25, 0.3) is 0 Å². The lowest BCUT2D eigenvalue weighted by Crippen LogP contribution is -2.41. The van der Waals surface area contributed by atoms with Crippen LogP contribution in [-0.2, 0) is 10.3 Å². The first-order valence-corrected chi connectivity index (χ1v) is 6.36. The molecule has 0 atom stereocenters. The second-order valence-corrected chi connectivity index (χ2v) is 5.01. The predicted molar refractivity (Wildman–Crippen MR) is 66.4 cm³/mol. The van der Waals surface area contributed by atoms with Gasteiger partial charge >= 0.3 is 0 Å². The maximum Gasteiger partial charge on any atom is 0.222 e. The molecule has 0 aromatic carbocycles. The monoisotopic (exact) mass is 241 g/mol. The molecule has 0 saturated heterocycles. The topological polar surface area (TPSA) is 54.0 Å². The van der Waals surface area contributed by atoms with Gasteiger partial charge in [0.2, 0.25) is 5.91 Å². The summed E-state index contributed by atoms with van der Waals surface area (Å²) in [5.41, 5.74) is -0.378. The van der Waals surface area contributed by atoms with Crippen LogP contribution in [0.1, 0.15) is 32.2 Å². The molecule has 0 unspecified atom stereocenters. The first-order chi connectivity index (χ1) is 7.56. The van der Waals surface area contributed by atoms with Gasteiger partial charge in [-0.25, -0.2) is 4.98 Å². The minimum absolute atomic E-state index is 0.0566. The molecule has 16 heavy (non-hydrogen) atoms. The normalized spacial score (nSPS) is 11.4. The molecule has 1 rings (SSSR count). The lowest BCUT2D eigenvalue weighted by atomic mass is 10.1. The summed E-state index contributed by atoms with van der Waals surface area (Å²) in [6.07, 6.45) is 2.26. The van der Waals surface area contributed by atoms with E-state index in [1.807, 2.05) is 26.2 Å². The van der Waals surface area contributed by atoms with Crippen LogP contribution in [0.4, 0.5) is 0 Å². The molecule has 0 bridgehead atoms. The highest BCUT2D eigenvalue weighted by Gasteiger charge is 2.24. The molecule has 0 fully saturated rings. The highest BCUT2D eigenvalue weighted by molar-refractivity contribution is 7.09. The number of hydrogen-bond acceptors (Lipinski definition) is 4. The van der Waals surface area contributed by atoms with Gasteiger partial charge in [-0.1, -0.05) is 6.92 Å². The number of aromatic nitrogens is 1. The third-order valence-corrected chi connectivity index (χ3v) is 3.29. The lowest BCUT2D eigenvalue weighted by molar-refractivity contribution is -0.122. The van der Waals surface area contributed by atoms with Crippen molar-refractivity contribution >= 4 is 17.2 Å². The van der Waals surface area contributed by atoms with E-state index in [-0.39, 0.29) is 11.4 Å². The number of hydrogen-bond donors (Lipinski definition) is 2. The molecule has 1 aromatic rings. The van der Waals surface area contributed by atoms with Crippen LogP contribution in [-0.4, -0.2) is 24.0 Å². The fraction of sp³-hybridized carbons (Fsp3) is 0.636. The maximum absolute atomic E-state index is 11.7. The summed E-state index contributed by atoms with van der Waals surface area (Å²) in [6, 6.07) is 0. The number of thiazole rings is 1. The predicted octanol–water partition coefficient (Wildman–Crippen LogP) is 1.49. The van der Waals surface area contributed by atoms with Gasteiger partial charge in [-0.3, -0.25) is 4.79 Å². The van der Waals surface area contributed by atoms with Crippen molar-refractivity contribution in [2.45, 2.75) is 32.7 Å². The first-order valence-electron chi connectivity index (χ1n) is 5.48. The second-order valence-electron chi connectivity index (χ2n) is 4.11. The molecule has 1 aromatic heterocycles. The Balaban J connectivity index is 2.43. The molecular formula is C11H19N3OS. The number of amides is 1. The summed E-state index contributed by atoms with van der Waals surface area (Å²) in [6.45, 7) is 7.57. The van der Waals surface area contributed by atoms with Crippen molar-refractivity contribution in [2.75, 3.05) is 13.1 Å². The average Bonchev–Trinajstić information content (AvgIpc) is 2.70. The molecule has 1 heterocycles. The lowest BCUT2D eigenvalue weighted by Gasteiger charge is -2.23. The van der Waals surface area contributed by atoms with Gasteiger partial charge in [0.25, 0.3) is 0 Å². The van der Waals surface area contributed by atoms with Crippen molar-refractivity contribution < 1.29 is 4.79 Å². The Morgan fingerprint density at radius 2 is 2.31 bits per heavy atom. The van der Waals surface area contributed by atoms with Crippen molar-refractivity contribution in [2.24, 2.45) is 0 Å². The van der Waals surface area contributed by atoms with E-state index in [0.717, 1.165) is 18.1 Å². The highest BCUT2D eigenvalue weighted by Crippen LogP contribution is 2.21. The molecule has 2 N–H and O–H groups in total. The largest absolute Gasteiger partial charge is 0.345 e. The molecule has 0 aliphatic carbocycles. The average molecular weight is 241 g/mol. The molecule has 0 saturated carbocycles. The molecule has 0 radical (unpaired) electrons. The van der Waals surface area contributed by atoms with Gasteiger partial charge in [-0.2, -0.15) is 0 Å². The Morgan fingerprint density at radius 1 is 1.56 bits per heavy atom. The van der Waals surface area contributed by atoms with Crippen LogP contribution in [0.15, 0.2) is 11.6 Å². The summed E-state index contributed by atoms with van der Waals surface area (Å²) in [5, 5.41) is 8.97. The summed E-state index contributed by atoms with van der Waals surface area (Å²) < 4.78 is 0. The Kier molecular flexibility index (Phi) is 4.89. The first kappa shape index (κ1) is 13.1. The molecule has 90 valence electrons. The van der Waals surface area contributed by atoms with E-state index in [0.29, 0.717) is 6.42 Å². The zero-order valence-electron chi connectivity index (χ0n) is 10.0. The van der Waals surface area contributed by atoms with Gasteiger partial charge in [0.05, 0.1) is 5.54 Å². The van der Waals surface area contributed by atoms with E-state index in [9.17, 15) is 4.79 Å². The Bertz CT molecular complexity index is 322. The molecular weight excluding hydrogens is 222 g/mol. The zero-order chi connectivity index (χ0) is 12.0. The summed E-state index contributed by atoms with van der Waals surface area (Å²) in [7, 11) is 0. The van der Waals surface area contributed by atoms with Crippen molar-refractivity contribution in [1.82, 2.24) is 15.6 Å². The highest BCUT2D eigenvalue weighted by atomic mass is 32.1. The minimum atomic E-state index is -0.378. The minimum Gasteiger partial charge on any atom is -0.345 e. The molecule has 1 amide bonds. The third kappa shape index (κ3) is 3.90.